The maximum Gasteiger partial charge on any atom is 0.220 e. The molecule has 0 aliphatic carbocycles. The number of methoxy groups -OCH3 is 1. The van der Waals surface area contributed by atoms with Crippen molar-refractivity contribution in [2.75, 3.05) is 19.0 Å². The van der Waals surface area contributed by atoms with E-state index in [2.05, 4.69) is 33.4 Å². The van der Waals surface area contributed by atoms with Crippen LogP contribution in [-0.2, 0) is 16.0 Å². The summed E-state index contributed by atoms with van der Waals surface area (Å²) in [6.07, 6.45) is 2.37. The Morgan fingerprint density at radius 1 is 1.39 bits per heavy atom. The second-order valence-electron chi connectivity index (χ2n) is 4.21. The fraction of sp³-hybridized carbons (Fsp3) is 0.500. The van der Waals surface area contributed by atoms with Crippen molar-refractivity contribution in [3.05, 3.63) is 35.9 Å². The molecule has 1 amide bonds. The summed E-state index contributed by atoms with van der Waals surface area (Å²) in [5, 5.41) is 3.66. The summed E-state index contributed by atoms with van der Waals surface area (Å²) in [5.41, 5.74) is 1.28. The first-order chi connectivity index (χ1) is 8.76. The number of carbonyl (C=O) groups is 1. The average molecular weight is 314 g/mol. The van der Waals surface area contributed by atoms with Crippen LogP contribution in [0.25, 0.3) is 0 Å². The molecule has 1 aromatic carbocycles. The van der Waals surface area contributed by atoms with Gasteiger partial charge in [0, 0.05) is 18.9 Å². The van der Waals surface area contributed by atoms with Gasteiger partial charge in [-0.15, -0.1) is 0 Å². The molecule has 0 bridgehead atoms. The minimum atomic E-state index is 0.0548. The van der Waals surface area contributed by atoms with E-state index < -0.39 is 0 Å². The highest BCUT2D eigenvalue weighted by Gasteiger charge is 2.10. The van der Waals surface area contributed by atoms with Crippen LogP contribution in [0.3, 0.4) is 0 Å². The van der Waals surface area contributed by atoms with Crippen molar-refractivity contribution in [1.29, 1.82) is 0 Å². The molecule has 1 unspecified atom stereocenters. The van der Waals surface area contributed by atoms with Gasteiger partial charge in [-0.2, -0.15) is 0 Å². The fourth-order valence-electron chi connectivity index (χ4n) is 1.72. The Labute approximate surface area is 117 Å². The van der Waals surface area contributed by atoms with Crippen molar-refractivity contribution in [1.82, 2.24) is 5.32 Å². The molecule has 18 heavy (non-hydrogen) atoms. The van der Waals surface area contributed by atoms with Crippen LogP contribution in [0.1, 0.15) is 18.4 Å². The molecule has 0 saturated heterocycles. The standard InChI is InChI=1S/C14H20BrNO2/c1-18-11-13(10-15)16-14(17)9-5-8-12-6-3-2-4-7-12/h2-4,6-7,13H,5,8-11H2,1H3,(H,16,17). The number of amides is 1. The zero-order chi connectivity index (χ0) is 13.2. The molecule has 1 aromatic rings. The van der Waals surface area contributed by atoms with Gasteiger partial charge in [0.2, 0.25) is 5.91 Å². The third-order valence-electron chi connectivity index (χ3n) is 2.63. The first kappa shape index (κ1) is 15.2. The minimum absolute atomic E-state index is 0.0548. The van der Waals surface area contributed by atoms with Crippen LogP contribution in [0, 0.1) is 0 Å². The Morgan fingerprint density at radius 2 is 2.11 bits per heavy atom. The number of nitrogens with one attached hydrogen (secondary N) is 1. The van der Waals surface area contributed by atoms with Gasteiger partial charge in [0.15, 0.2) is 0 Å². The molecule has 3 nitrogen and oxygen atoms in total. The average Bonchev–Trinajstić information content (AvgIpc) is 2.39. The van der Waals surface area contributed by atoms with E-state index in [0.717, 1.165) is 12.8 Å². The van der Waals surface area contributed by atoms with Crippen LogP contribution in [0.5, 0.6) is 0 Å². The molecule has 0 aromatic heterocycles. The monoisotopic (exact) mass is 313 g/mol. The van der Waals surface area contributed by atoms with Crippen LogP contribution >= 0.6 is 15.9 Å². The molecule has 0 saturated carbocycles. The summed E-state index contributed by atoms with van der Waals surface area (Å²) in [4.78, 5) is 11.7. The van der Waals surface area contributed by atoms with Crippen molar-refractivity contribution < 1.29 is 9.53 Å². The molecule has 100 valence electrons. The normalized spacial score (nSPS) is 12.1. The Bertz CT molecular complexity index is 343. The second kappa shape index (κ2) is 9.11. The van der Waals surface area contributed by atoms with Gasteiger partial charge in [0.05, 0.1) is 12.6 Å². The fourth-order valence-corrected chi connectivity index (χ4v) is 2.07. The zero-order valence-corrected chi connectivity index (χ0v) is 12.3. The van der Waals surface area contributed by atoms with Crippen molar-refractivity contribution in [3.8, 4) is 0 Å². The molecule has 4 heteroatoms. The number of carbonyl (C=O) groups excluding carboxylic acids is 1. The summed E-state index contributed by atoms with van der Waals surface area (Å²) in [6, 6.07) is 10.3. The van der Waals surface area contributed by atoms with Crippen molar-refractivity contribution in [2.24, 2.45) is 0 Å². The number of rotatable bonds is 8. The predicted molar refractivity (Wildman–Crippen MR) is 77.0 cm³/mol. The second-order valence-corrected chi connectivity index (χ2v) is 4.86. The molecular weight excluding hydrogens is 294 g/mol. The van der Waals surface area contributed by atoms with E-state index in [1.807, 2.05) is 18.2 Å². The Balaban J connectivity index is 2.20. The molecule has 1 rings (SSSR count). The van der Waals surface area contributed by atoms with Crippen LogP contribution < -0.4 is 5.32 Å². The molecule has 0 aliphatic heterocycles. The number of hydrogen-bond acceptors (Lipinski definition) is 2. The number of alkyl halides is 1. The summed E-state index contributed by atoms with van der Waals surface area (Å²) in [7, 11) is 1.64. The van der Waals surface area contributed by atoms with Gasteiger partial charge in [0.25, 0.3) is 0 Å². The van der Waals surface area contributed by atoms with Crippen LogP contribution in [-0.4, -0.2) is 31.0 Å². The van der Waals surface area contributed by atoms with E-state index in [1.165, 1.54) is 5.56 Å². The van der Waals surface area contributed by atoms with Gasteiger partial charge in [-0.25, -0.2) is 0 Å². The number of halogens is 1. The maximum absolute atomic E-state index is 11.7. The number of hydrogen-bond donors (Lipinski definition) is 1. The maximum atomic E-state index is 11.7. The smallest absolute Gasteiger partial charge is 0.220 e. The highest BCUT2D eigenvalue weighted by Crippen LogP contribution is 2.04. The SMILES string of the molecule is COCC(CBr)NC(=O)CCCc1ccccc1. The van der Waals surface area contributed by atoms with Gasteiger partial charge >= 0.3 is 0 Å². The summed E-state index contributed by atoms with van der Waals surface area (Å²) in [5.74, 6) is 0.0902. The molecule has 0 heterocycles. The van der Waals surface area contributed by atoms with Gasteiger partial charge < -0.3 is 10.1 Å². The van der Waals surface area contributed by atoms with Gasteiger partial charge in [-0.05, 0) is 18.4 Å². The molecule has 0 spiro atoms. The van der Waals surface area contributed by atoms with Crippen LogP contribution in [0.4, 0.5) is 0 Å². The lowest BCUT2D eigenvalue weighted by Gasteiger charge is -2.14. The predicted octanol–water partition coefficient (Wildman–Crippen LogP) is 2.54. The Hall–Kier alpha value is -0.870. The van der Waals surface area contributed by atoms with Crippen LogP contribution in [0.15, 0.2) is 30.3 Å². The molecule has 1 N–H and O–H groups in total. The van der Waals surface area contributed by atoms with E-state index in [4.69, 9.17) is 4.74 Å². The lowest BCUT2D eigenvalue weighted by molar-refractivity contribution is -0.122. The highest BCUT2D eigenvalue weighted by molar-refractivity contribution is 9.09. The van der Waals surface area contributed by atoms with E-state index in [1.54, 1.807) is 7.11 Å². The third-order valence-corrected chi connectivity index (χ3v) is 3.41. The third kappa shape index (κ3) is 6.17. The van der Waals surface area contributed by atoms with E-state index >= 15 is 0 Å². The topological polar surface area (TPSA) is 38.3 Å². The number of aryl methyl sites for hydroxylation is 1. The van der Waals surface area contributed by atoms with E-state index in [9.17, 15) is 4.79 Å². The summed E-state index contributed by atoms with van der Waals surface area (Å²) in [6.45, 7) is 0.537. The zero-order valence-electron chi connectivity index (χ0n) is 10.7. The molecule has 1 atom stereocenters. The number of ether oxygens (including phenoxy) is 1. The lowest BCUT2D eigenvalue weighted by Crippen LogP contribution is -2.39. The number of benzene rings is 1. The summed E-state index contributed by atoms with van der Waals surface area (Å²) < 4.78 is 5.02. The quantitative estimate of drug-likeness (QED) is 0.749. The molecule has 0 radical (unpaired) electrons. The van der Waals surface area contributed by atoms with Gasteiger partial charge in [-0.3, -0.25) is 4.79 Å². The highest BCUT2D eigenvalue weighted by atomic mass is 79.9. The minimum Gasteiger partial charge on any atom is -0.383 e. The lowest BCUT2D eigenvalue weighted by atomic mass is 10.1. The van der Waals surface area contributed by atoms with Gasteiger partial charge in [-0.1, -0.05) is 46.3 Å². The molecule has 0 aliphatic rings. The van der Waals surface area contributed by atoms with E-state index in [0.29, 0.717) is 18.4 Å². The Morgan fingerprint density at radius 3 is 2.72 bits per heavy atom. The van der Waals surface area contributed by atoms with Crippen LogP contribution in [0.2, 0.25) is 0 Å². The first-order valence-electron chi connectivity index (χ1n) is 6.14. The largest absolute Gasteiger partial charge is 0.383 e. The Kier molecular flexibility index (Phi) is 7.69. The molecule has 0 fully saturated rings. The van der Waals surface area contributed by atoms with Crippen molar-refractivity contribution >= 4 is 21.8 Å². The van der Waals surface area contributed by atoms with Crippen molar-refractivity contribution in [3.63, 3.8) is 0 Å². The van der Waals surface area contributed by atoms with Gasteiger partial charge in [0.1, 0.15) is 0 Å². The van der Waals surface area contributed by atoms with Crippen molar-refractivity contribution in [2.45, 2.75) is 25.3 Å². The van der Waals surface area contributed by atoms with E-state index in [-0.39, 0.29) is 11.9 Å². The summed E-state index contributed by atoms with van der Waals surface area (Å²) >= 11 is 3.36. The molecular formula is C14H20BrNO2. The first-order valence-corrected chi connectivity index (χ1v) is 7.26.